The molecular weight excluding hydrogens is 198 g/mol. The van der Waals surface area contributed by atoms with Crippen LogP contribution in [0, 0.1) is 10.1 Å². The van der Waals surface area contributed by atoms with E-state index in [1.54, 1.807) is 19.2 Å². The van der Waals surface area contributed by atoms with Crippen LogP contribution in [0.2, 0.25) is 0 Å². The Morgan fingerprint density at radius 2 is 2.27 bits per heavy atom. The highest BCUT2D eigenvalue weighted by molar-refractivity contribution is 5.38. The van der Waals surface area contributed by atoms with Gasteiger partial charge < -0.3 is 9.47 Å². The van der Waals surface area contributed by atoms with Crippen molar-refractivity contribution in [2.45, 2.75) is 13.0 Å². The zero-order valence-electron chi connectivity index (χ0n) is 8.67. The fraction of sp³-hybridized carbons (Fsp3) is 0.400. The molecule has 0 saturated heterocycles. The Morgan fingerprint density at radius 3 is 2.87 bits per heavy atom. The summed E-state index contributed by atoms with van der Waals surface area (Å²) in [6, 6.07) is 6.09. The van der Waals surface area contributed by atoms with Crippen molar-refractivity contribution in [2.75, 3.05) is 13.7 Å². The van der Waals surface area contributed by atoms with E-state index in [2.05, 4.69) is 0 Å². The summed E-state index contributed by atoms with van der Waals surface area (Å²) in [6.07, 6.45) is -0.128. The zero-order valence-corrected chi connectivity index (χ0v) is 8.67. The fourth-order valence-electron chi connectivity index (χ4n) is 1.17. The molecule has 1 atom stereocenters. The Labute approximate surface area is 87.8 Å². The summed E-state index contributed by atoms with van der Waals surface area (Å²) in [5.41, 5.74) is 0.0251. The van der Waals surface area contributed by atoms with Gasteiger partial charge >= 0.3 is 0 Å². The lowest BCUT2D eigenvalue weighted by Crippen LogP contribution is -2.17. The second-order valence-corrected chi connectivity index (χ2v) is 3.14. The third-order valence-electron chi connectivity index (χ3n) is 1.77. The standard InChI is InChI=1S/C10H13NO4/c1-8(7-14-2)15-10-5-3-4-9(6-10)11(12)13/h3-6,8H,7H2,1-2H3/t8-/m1/s1. The molecule has 0 aliphatic carbocycles. The van der Waals surface area contributed by atoms with E-state index < -0.39 is 4.92 Å². The van der Waals surface area contributed by atoms with Crippen LogP contribution in [0.15, 0.2) is 24.3 Å². The monoisotopic (exact) mass is 211 g/mol. The topological polar surface area (TPSA) is 61.6 Å². The van der Waals surface area contributed by atoms with Gasteiger partial charge in [0.1, 0.15) is 11.9 Å². The molecule has 1 rings (SSSR count). The van der Waals surface area contributed by atoms with Gasteiger partial charge in [-0.25, -0.2) is 0 Å². The minimum absolute atomic E-state index is 0.0251. The third-order valence-corrected chi connectivity index (χ3v) is 1.77. The number of non-ortho nitro benzene ring substituents is 1. The van der Waals surface area contributed by atoms with Crippen LogP contribution in [-0.2, 0) is 4.74 Å². The molecule has 5 nitrogen and oxygen atoms in total. The molecule has 0 aliphatic rings. The molecule has 0 N–H and O–H groups in total. The van der Waals surface area contributed by atoms with Crippen LogP contribution in [0.3, 0.4) is 0 Å². The van der Waals surface area contributed by atoms with Crippen LogP contribution in [0.4, 0.5) is 5.69 Å². The molecule has 5 heteroatoms. The molecule has 0 heterocycles. The van der Waals surface area contributed by atoms with Crippen molar-refractivity contribution in [1.82, 2.24) is 0 Å². The summed E-state index contributed by atoms with van der Waals surface area (Å²) in [5.74, 6) is 0.480. The number of nitro groups is 1. The number of hydrogen-bond acceptors (Lipinski definition) is 4. The van der Waals surface area contributed by atoms with Crippen LogP contribution in [0.5, 0.6) is 5.75 Å². The number of benzene rings is 1. The van der Waals surface area contributed by atoms with Crippen molar-refractivity contribution in [1.29, 1.82) is 0 Å². The first-order valence-electron chi connectivity index (χ1n) is 4.53. The van der Waals surface area contributed by atoms with E-state index in [0.29, 0.717) is 12.4 Å². The quantitative estimate of drug-likeness (QED) is 0.552. The molecule has 1 aromatic carbocycles. The van der Waals surface area contributed by atoms with Gasteiger partial charge in [0, 0.05) is 13.2 Å². The maximum atomic E-state index is 10.5. The first-order chi connectivity index (χ1) is 7.13. The van der Waals surface area contributed by atoms with E-state index >= 15 is 0 Å². The average molecular weight is 211 g/mol. The predicted octanol–water partition coefficient (Wildman–Crippen LogP) is 2.01. The van der Waals surface area contributed by atoms with E-state index in [9.17, 15) is 10.1 Å². The largest absolute Gasteiger partial charge is 0.488 e. The molecule has 0 unspecified atom stereocenters. The van der Waals surface area contributed by atoms with Gasteiger partial charge in [-0.1, -0.05) is 6.07 Å². The summed E-state index contributed by atoms with van der Waals surface area (Å²) in [7, 11) is 1.58. The van der Waals surface area contributed by atoms with Gasteiger partial charge in [-0.2, -0.15) is 0 Å². The van der Waals surface area contributed by atoms with Crippen LogP contribution < -0.4 is 4.74 Å². The Hall–Kier alpha value is -1.62. The normalized spacial score (nSPS) is 12.1. The smallest absolute Gasteiger partial charge is 0.273 e. The summed E-state index contributed by atoms with van der Waals surface area (Å²) < 4.78 is 10.3. The maximum absolute atomic E-state index is 10.5. The Kier molecular flexibility index (Phi) is 4.05. The van der Waals surface area contributed by atoms with Gasteiger partial charge in [-0.3, -0.25) is 10.1 Å². The Balaban J connectivity index is 2.69. The van der Waals surface area contributed by atoms with Crippen LogP contribution in [0.25, 0.3) is 0 Å². The van der Waals surface area contributed by atoms with Gasteiger partial charge in [0.2, 0.25) is 0 Å². The molecule has 15 heavy (non-hydrogen) atoms. The van der Waals surface area contributed by atoms with Gasteiger partial charge in [-0.15, -0.1) is 0 Å². The molecule has 0 aliphatic heterocycles. The van der Waals surface area contributed by atoms with Gasteiger partial charge in [0.05, 0.1) is 17.6 Å². The summed E-state index contributed by atoms with van der Waals surface area (Å²) >= 11 is 0. The Bertz CT molecular complexity index is 340. The van der Waals surface area contributed by atoms with Gasteiger partial charge in [0.25, 0.3) is 5.69 Å². The lowest BCUT2D eigenvalue weighted by molar-refractivity contribution is -0.384. The lowest BCUT2D eigenvalue weighted by atomic mass is 10.3. The van der Waals surface area contributed by atoms with Crippen molar-refractivity contribution in [2.24, 2.45) is 0 Å². The van der Waals surface area contributed by atoms with Crippen LogP contribution in [0.1, 0.15) is 6.92 Å². The number of nitrogens with zero attached hydrogens (tertiary/aromatic N) is 1. The third kappa shape index (κ3) is 3.55. The van der Waals surface area contributed by atoms with Crippen molar-refractivity contribution >= 4 is 5.69 Å². The number of methoxy groups -OCH3 is 1. The molecular formula is C10H13NO4. The van der Waals surface area contributed by atoms with Crippen molar-refractivity contribution < 1.29 is 14.4 Å². The maximum Gasteiger partial charge on any atom is 0.273 e. The minimum Gasteiger partial charge on any atom is -0.488 e. The number of nitro benzene ring substituents is 1. The van der Waals surface area contributed by atoms with E-state index in [-0.39, 0.29) is 11.8 Å². The molecule has 0 aromatic heterocycles. The average Bonchev–Trinajstić information content (AvgIpc) is 2.18. The molecule has 0 fully saturated rings. The highest BCUT2D eigenvalue weighted by Crippen LogP contribution is 2.19. The van der Waals surface area contributed by atoms with Crippen molar-refractivity contribution in [3.8, 4) is 5.75 Å². The molecule has 0 spiro atoms. The van der Waals surface area contributed by atoms with Crippen LogP contribution >= 0.6 is 0 Å². The molecule has 0 amide bonds. The van der Waals surface area contributed by atoms with Crippen molar-refractivity contribution in [3.05, 3.63) is 34.4 Å². The second-order valence-electron chi connectivity index (χ2n) is 3.14. The summed E-state index contributed by atoms with van der Waals surface area (Å²) in [4.78, 5) is 10.0. The number of hydrogen-bond donors (Lipinski definition) is 0. The summed E-state index contributed by atoms with van der Waals surface area (Å²) in [5, 5.41) is 10.5. The zero-order chi connectivity index (χ0) is 11.3. The van der Waals surface area contributed by atoms with E-state index in [4.69, 9.17) is 9.47 Å². The fourth-order valence-corrected chi connectivity index (χ4v) is 1.17. The molecule has 0 bridgehead atoms. The summed E-state index contributed by atoms with van der Waals surface area (Å²) in [6.45, 7) is 2.28. The van der Waals surface area contributed by atoms with E-state index in [0.717, 1.165) is 0 Å². The van der Waals surface area contributed by atoms with Crippen molar-refractivity contribution in [3.63, 3.8) is 0 Å². The SMILES string of the molecule is COC[C@@H](C)Oc1cccc([N+](=O)[O-])c1. The highest BCUT2D eigenvalue weighted by Gasteiger charge is 2.08. The van der Waals surface area contributed by atoms with E-state index in [1.165, 1.54) is 12.1 Å². The minimum atomic E-state index is -0.451. The van der Waals surface area contributed by atoms with E-state index in [1.807, 2.05) is 6.92 Å². The van der Waals surface area contributed by atoms with Gasteiger partial charge in [0.15, 0.2) is 0 Å². The molecule has 0 saturated carbocycles. The first-order valence-corrected chi connectivity index (χ1v) is 4.53. The highest BCUT2D eigenvalue weighted by atomic mass is 16.6. The second kappa shape index (κ2) is 5.31. The molecule has 82 valence electrons. The lowest BCUT2D eigenvalue weighted by Gasteiger charge is -2.13. The number of rotatable bonds is 5. The Morgan fingerprint density at radius 1 is 1.53 bits per heavy atom. The van der Waals surface area contributed by atoms with Crippen LogP contribution in [-0.4, -0.2) is 24.7 Å². The predicted molar refractivity (Wildman–Crippen MR) is 55.1 cm³/mol. The number of ether oxygens (including phenoxy) is 2. The molecule has 0 radical (unpaired) electrons. The molecule has 1 aromatic rings. The van der Waals surface area contributed by atoms with Gasteiger partial charge in [-0.05, 0) is 13.0 Å². The first kappa shape index (κ1) is 11.5.